The van der Waals surface area contributed by atoms with Crippen LogP contribution in [0.2, 0.25) is 0 Å². The number of aryl methyl sites for hydroxylation is 2. The Morgan fingerprint density at radius 1 is 0.952 bits per heavy atom. The zero-order valence-corrected chi connectivity index (χ0v) is 15.5. The van der Waals surface area contributed by atoms with Crippen LogP contribution in [0.3, 0.4) is 0 Å². The molecule has 0 heterocycles. The maximum absolute atomic E-state index is 13.6. The summed E-state index contributed by atoms with van der Waals surface area (Å²) in [5, 5.41) is 1.56. The lowest BCUT2D eigenvalue weighted by Crippen LogP contribution is -2.33. The van der Waals surface area contributed by atoms with Crippen LogP contribution in [0.5, 0.6) is 0 Å². The summed E-state index contributed by atoms with van der Waals surface area (Å²) in [5.41, 5.74) is 4.75. The second-order valence-corrected chi connectivity index (χ2v) is 6.77. The van der Waals surface area contributed by atoms with Crippen molar-refractivity contribution in [1.29, 1.82) is 0 Å². The van der Waals surface area contributed by atoms with Gasteiger partial charge in [0.25, 0.3) is 0 Å². The summed E-state index contributed by atoms with van der Waals surface area (Å²) in [5.74, 6) is -0.182. The van der Waals surface area contributed by atoms with E-state index in [2.05, 4.69) is 63.9 Å². The van der Waals surface area contributed by atoms with Crippen molar-refractivity contribution in [2.45, 2.75) is 25.7 Å². The molecule has 0 radical (unpaired) electrons. The molecule has 0 aliphatic rings. The van der Waals surface area contributed by atoms with E-state index in [0.717, 1.165) is 22.6 Å². The van der Waals surface area contributed by atoms with Crippen LogP contribution in [-0.4, -0.2) is 10.7 Å². The van der Waals surface area contributed by atoms with E-state index in [-0.39, 0.29) is 11.2 Å². The molecule has 0 spiro atoms. The van der Waals surface area contributed by atoms with Crippen molar-refractivity contribution < 1.29 is 4.39 Å². The SMILES string of the molecule is Cc1ccc(CC(CBr)(CBr)c2cccc(F)c2)cc1C. The van der Waals surface area contributed by atoms with Gasteiger partial charge in [-0.05, 0) is 54.7 Å². The fraction of sp³-hybridized carbons (Fsp3) is 0.333. The van der Waals surface area contributed by atoms with Crippen LogP contribution in [0.15, 0.2) is 42.5 Å². The number of hydrogen-bond acceptors (Lipinski definition) is 0. The molecule has 0 saturated carbocycles. The Kier molecular flexibility index (Phi) is 5.61. The molecule has 3 heteroatoms. The molecule has 0 unspecified atom stereocenters. The molecule has 112 valence electrons. The van der Waals surface area contributed by atoms with E-state index in [1.165, 1.54) is 22.8 Å². The maximum Gasteiger partial charge on any atom is 0.123 e. The summed E-state index contributed by atoms with van der Waals surface area (Å²) in [6.45, 7) is 4.25. The van der Waals surface area contributed by atoms with Crippen molar-refractivity contribution in [3.05, 3.63) is 70.5 Å². The average Bonchev–Trinajstić information content (AvgIpc) is 2.48. The highest BCUT2D eigenvalue weighted by Crippen LogP contribution is 2.33. The zero-order chi connectivity index (χ0) is 15.5. The minimum absolute atomic E-state index is 0.149. The highest BCUT2D eigenvalue weighted by molar-refractivity contribution is 9.09. The van der Waals surface area contributed by atoms with Crippen LogP contribution in [0, 0.1) is 19.7 Å². The van der Waals surface area contributed by atoms with Gasteiger partial charge in [-0.3, -0.25) is 0 Å². The molecule has 0 aliphatic heterocycles. The first kappa shape index (κ1) is 16.7. The largest absolute Gasteiger partial charge is 0.207 e. The van der Waals surface area contributed by atoms with Crippen molar-refractivity contribution in [3.63, 3.8) is 0 Å². The third kappa shape index (κ3) is 3.75. The van der Waals surface area contributed by atoms with Gasteiger partial charge in [0.1, 0.15) is 5.82 Å². The molecule has 21 heavy (non-hydrogen) atoms. The van der Waals surface area contributed by atoms with Crippen molar-refractivity contribution in [2.24, 2.45) is 0 Å². The summed E-state index contributed by atoms with van der Waals surface area (Å²) < 4.78 is 13.6. The molecule has 0 amide bonds. The fourth-order valence-electron chi connectivity index (χ4n) is 2.51. The first-order valence-electron chi connectivity index (χ1n) is 6.95. The van der Waals surface area contributed by atoms with E-state index >= 15 is 0 Å². The van der Waals surface area contributed by atoms with Crippen molar-refractivity contribution in [2.75, 3.05) is 10.7 Å². The van der Waals surface area contributed by atoms with Crippen LogP contribution in [-0.2, 0) is 11.8 Å². The summed E-state index contributed by atoms with van der Waals surface area (Å²) in [7, 11) is 0. The molecule has 0 atom stereocenters. The quantitative estimate of drug-likeness (QED) is 0.550. The Bertz CT molecular complexity index is 618. The molecule has 0 aliphatic carbocycles. The highest BCUT2D eigenvalue weighted by Gasteiger charge is 2.30. The average molecular weight is 414 g/mol. The second-order valence-electron chi connectivity index (χ2n) is 5.65. The lowest BCUT2D eigenvalue weighted by Gasteiger charge is -2.31. The second kappa shape index (κ2) is 7.06. The molecular weight excluding hydrogens is 395 g/mol. The minimum atomic E-state index is -0.182. The van der Waals surface area contributed by atoms with Gasteiger partial charge < -0.3 is 0 Å². The van der Waals surface area contributed by atoms with Crippen molar-refractivity contribution >= 4 is 31.9 Å². The molecule has 0 bridgehead atoms. The third-order valence-electron chi connectivity index (χ3n) is 4.06. The Balaban J connectivity index is 2.40. The van der Waals surface area contributed by atoms with Gasteiger partial charge in [-0.15, -0.1) is 0 Å². The Morgan fingerprint density at radius 3 is 2.24 bits per heavy atom. The first-order chi connectivity index (χ1) is 10.0. The van der Waals surface area contributed by atoms with Crippen LogP contribution >= 0.6 is 31.9 Å². The number of rotatable bonds is 5. The Hall–Kier alpha value is -0.670. The predicted octanol–water partition coefficient (Wildman–Crippen LogP) is 5.71. The Morgan fingerprint density at radius 2 is 1.67 bits per heavy atom. The van der Waals surface area contributed by atoms with E-state index in [1.807, 2.05) is 6.07 Å². The number of hydrogen-bond donors (Lipinski definition) is 0. The first-order valence-corrected chi connectivity index (χ1v) is 9.19. The molecule has 0 aromatic heterocycles. The molecule has 0 saturated heterocycles. The lowest BCUT2D eigenvalue weighted by molar-refractivity contribution is 0.541. The molecule has 2 aromatic rings. The predicted molar refractivity (Wildman–Crippen MR) is 95.3 cm³/mol. The number of halogens is 3. The van der Waals surface area contributed by atoms with Crippen LogP contribution < -0.4 is 0 Å². The highest BCUT2D eigenvalue weighted by atomic mass is 79.9. The fourth-order valence-corrected chi connectivity index (χ4v) is 4.48. The summed E-state index contributed by atoms with van der Waals surface area (Å²) >= 11 is 7.27. The van der Waals surface area contributed by atoms with E-state index in [4.69, 9.17) is 0 Å². The van der Waals surface area contributed by atoms with E-state index < -0.39 is 0 Å². The van der Waals surface area contributed by atoms with Crippen molar-refractivity contribution in [1.82, 2.24) is 0 Å². The summed E-state index contributed by atoms with van der Waals surface area (Å²) in [6, 6.07) is 13.5. The standard InChI is InChI=1S/C18H19Br2F/c1-13-6-7-15(8-14(13)2)10-18(11-19,12-20)16-4-3-5-17(21)9-16/h3-9H,10-12H2,1-2H3. The third-order valence-corrected chi connectivity index (χ3v) is 6.21. The smallest absolute Gasteiger partial charge is 0.123 e. The molecular formula is C18H19Br2F. The van der Waals surface area contributed by atoms with E-state index in [9.17, 15) is 4.39 Å². The van der Waals surface area contributed by atoms with Gasteiger partial charge in [0.05, 0.1) is 0 Å². The van der Waals surface area contributed by atoms with Gasteiger partial charge in [0.15, 0.2) is 0 Å². The monoisotopic (exact) mass is 412 g/mol. The van der Waals surface area contributed by atoms with Crippen LogP contribution in [0.4, 0.5) is 4.39 Å². The summed E-state index contributed by atoms with van der Waals surface area (Å²) in [4.78, 5) is 0. The molecule has 0 fully saturated rings. The van der Waals surface area contributed by atoms with Gasteiger partial charge in [-0.1, -0.05) is 62.2 Å². The molecule has 2 rings (SSSR count). The molecule has 0 N–H and O–H groups in total. The molecule has 2 aromatic carbocycles. The zero-order valence-electron chi connectivity index (χ0n) is 12.3. The van der Waals surface area contributed by atoms with Crippen molar-refractivity contribution in [3.8, 4) is 0 Å². The summed E-state index contributed by atoms with van der Waals surface area (Å²) in [6.07, 6.45) is 0.869. The van der Waals surface area contributed by atoms with Crippen LogP contribution in [0.25, 0.3) is 0 Å². The topological polar surface area (TPSA) is 0 Å². The van der Waals surface area contributed by atoms with Crippen LogP contribution in [0.1, 0.15) is 22.3 Å². The van der Waals surface area contributed by atoms with Gasteiger partial charge in [-0.2, -0.15) is 0 Å². The molecule has 0 nitrogen and oxygen atoms in total. The van der Waals surface area contributed by atoms with Gasteiger partial charge in [-0.25, -0.2) is 4.39 Å². The Labute approximate surface area is 143 Å². The van der Waals surface area contributed by atoms with E-state index in [0.29, 0.717) is 0 Å². The van der Waals surface area contributed by atoms with Gasteiger partial charge in [0.2, 0.25) is 0 Å². The lowest BCUT2D eigenvalue weighted by atomic mass is 9.78. The van der Waals surface area contributed by atoms with E-state index in [1.54, 1.807) is 12.1 Å². The number of benzene rings is 2. The van der Waals surface area contributed by atoms with Gasteiger partial charge in [0, 0.05) is 16.1 Å². The minimum Gasteiger partial charge on any atom is -0.207 e. The maximum atomic E-state index is 13.6. The van der Waals surface area contributed by atoms with Gasteiger partial charge >= 0.3 is 0 Å². The number of alkyl halides is 2. The normalized spacial score (nSPS) is 11.7.